The highest BCUT2D eigenvalue weighted by molar-refractivity contribution is 7.90. The van der Waals surface area contributed by atoms with Gasteiger partial charge in [-0.3, -0.25) is 0 Å². The van der Waals surface area contributed by atoms with Crippen molar-refractivity contribution in [1.29, 1.82) is 0 Å². The van der Waals surface area contributed by atoms with Gasteiger partial charge in [0.25, 0.3) is 0 Å². The van der Waals surface area contributed by atoms with Crippen LogP contribution in [0.2, 0.25) is 0 Å². The first-order valence-electron chi connectivity index (χ1n) is 6.07. The van der Waals surface area contributed by atoms with Gasteiger partial charge in [0.15, 0.2) is 9.84 Å². The summed E-state index contributed by atoms with van der Waals surface area (Å²) in [5.41, 5.74) is 0.776. The molecule has 1 fully saturated rings. The quantitative estimate of drug-likeness (QED) is 0.785. The number of anilines is 1. The van der Waals surface area contributed by atoms with E-state index in [1.807, 2.05) is 12.1 Å². The third-order valence-electron chi connectivity index (χ3n) is 3.47. The number of piperidine rings is 1. The molecule has 2 atom stereocenters. The Morgan fingerprint density at radius 2 is 2.00 bits per heavy atom. The highest BCUT2D eigenvalue weighted by atomic mass is 35.5. The molecule has 0 radical (unpaired) electrons. The number of benzene rings is 1. The summed E-state index contributed by atoms with van der Waals surface area (Å²) in [7, 11) is -3.20. The number of sulfone groups is 1. The first-order chi connectivity index (χ1) is 8.39. The Morgan fingerprint density at radius 3 is 2.61 bits per heavy atom. The molecule has 5 heteroatoms. The van der Waals surface area contributed by atoms with Gasteiger partial charge >= 0.3 is 0 Å². The third-order valence-corrected chi connectivity index (χ3v) is 5.18. The summed E-state index contributed by atoms with van der Waals surface area (Å²) in [5.74, 6) is 0.480. The number of halogens is 1. The summed E-state index contributed by atoms with van der Waals surface area (Å²) in [6.45, 7) is 3.70. The van der Waals surface area contributed by atoms with E-state index in [2.05, 4.69) is 11.8 Å². The second kappa shape index (κ2) is 5.10. The smallest absolute Gasteiger partial charge is 0.177 e. The molecule has 0 N–H and O–H groups in total. The Morgan fingerprint density at radius 1 is 1.33 bits per heavy atom. The zero-order valence-electron chi connectivity index (χ0n) is 10.6. The van der Waals surface area contributed by atoms with E-state index in [1.165, 1.54) is 6.26 Å². The lowest BCUT2D eigenvalue weighted by molar-refractivity contribution is 0.444. The molecule has 1 aromatic rings. The maximum atomic E-state index is 11.8. The molecule has 3 nitrogen and oxygen atoms in total. The predicted octanol–water partition coefficient (Wildman–Crippen LogP) is 2.54. The molecule has 1 aromatic carbocycles. The summed E-state index contributed by atoms with van der Waals surface area (Å²) >= 11 is 6.29. The first kappa shape index (κ1) is 13.7. The molecule has 100 valence electrons. The van der Waals surface area contributed by atoms with E-state index in [-0.39, 0.29) is 5.38 Å². The molecular weight excluding hydrogens is 270 g/mol. The lowest BCUT2D eigenvalue weighted by Gasteiger charge is -2.36. The van der Waals surface area contributed by atoms with Crippen molar-refractivity contribution in [3.05, 3.63) is 24.3 Å². The molecule has 0 spiro atoms. The maximum Gasteiger partial charge on any atom is 0.177 e. The van der Waals surface area contributed by atoms with Crippen LogP contribution in [0.3, 0.4) is 0 Å². The minimum Gasteiger partial charge on any atom is -0.369 e. The standard InChI is InChI=1S/C13H18ClNO2S/c1-10-7-8-15(9-11(10)14)12-5-3-4-6-13(12)18(2,16)17/h3-6,10-11H,7-9H2,1-2H3. The van der Waals surface area contributed by atoms with Crippen LogP contribution in [0, 0.1) is 5.92 Å². The summed E-state index contributed by atoms with van der Waals surface area (Å²) < 4.78 is 23.6. The second-order valence-electron chi connectivity index (χ2n) is 4.97. The number of alkyl halides is 1. The van der Waals surface area contributed by atoms with Gasteiger partial charge in [0.05, 0.1) is 16.0 Å². The van der Waals surface area contributed by atoms with E-state index in [4.69, 9.17) is 11.6 Å². The van der Waals surface area contributed by atoms with Crippen molar-refractivity contribution in [3.8, 4) is 0 Å². The van der Waals surface area contributed by atoms with Crippen molar-refractivity contribution in [2.75, 3.05) is 24.2 Å². The van der Waals surface area contributed by atoms with E-state index >= 15 is 0 Å². The lowest BCUT2D eigenvalue weighted by atomic mass is 9.98. The Balaban J connectivity index is 2.35. The van der Waals surface area contributed by atoms with Gasteiger partial charge < -0.3 is 4.90 Å². The molecule has 1 heterocycles. The molecule has 0 aromatic heterocycles. The summed E-state index contributed by atoms with van der Waals surface area (Å²) in [5, 5.41) is 0.0753. The molecule has 0 bridgehead atoms. The number of hydrogen-bond donors (Lipinski definition) is 0. The molecule has 0 amide bonds. The number of hydrogen-bond acceptors (Lipinski definition) is 3. The number of nitrogens with zero attached hydrogens (tertiary/aromatic N) is 1. The van der Waals surface area contributed by atoms with E-state index < -0.39 is 9.84 Å². The molecule has 1 aliphatic heterocycles. The Hall–Kier alpha value is -0.740. The summed E-state index contributed by atoms with van der Waals surface area (Å²) in [6.07, 6.45) is 2.24. The van der Waals surface area contributed by atoms with Crippen LogP contribution in [0.5, 0.6) is 0 Å². The Kier molecular flexibility index (Phi) is 3.87. The topological polar surface area (TPSA) is 37.4 Å². The zero-order chi connectivity index (χ0) is 13.3. The highest BCUT2D eigenvalue weighted by Crippen LogP contribution is 2.30. The number of para-hydroxylation sites is 1. The lowest BCUT2D eigenvalue weighted by Crippen LogP contribution is -2.40. The van der Waals surface area contributed by atoms with Crippen molar-refractivity contribution in [2.45, 2.75) is 23.6 Å². The summed E-state index contributed by atoms with van der Waals surface area (Å²) in [6, 6.07) is 7.14. The van der Waals surface area contributed by atoms with Gasteiger partial charge in [-0.1, -0.05) is 19.1 Å². The average Bonchev–Trinajstić information content (AvgIpc) is 2.32. The van der Waals surface area contributed by atoms with Crippen LogP contribution in [-0.2, 0) is 9.84 Å². The monoisotopic (exact) mass is 287 g/mol. The minimum absolute atomic E-state index is 0.0753. The van der Waals surface area contributed by atoms with Gasteiger partial charge in [-0.15, -0.1) is 11.6 Å². The van der Waals surface area contributed by atoms with Crippen LogP contribution in [-0.4, -0.2) is 33.1 Å². The molecule has 0 aliphatic carbocycles. The van der Waals surface area contributed by atoms with Crippen molar-refractivity contribution in [3.63, 3.8) is 0 Å². The maximum absolute atomic E-state index is 11.8. The van der Waals surface area contributed by atoms with Crippen LogP contribution in [0.1, 0.15) is 13.3 Å². The van der Waals surface area contributed by atoms with Crippen LogP contribution in [0.15, 0.2) is 29.2 Å². The average molecular weight is 288 g/mol. The van der Waals surface area contributed by atoms with Crippen molar-refractivity contribution in [2.24, 2.45) is 5.92 Å². The highest BCUT2D eigenvalue weighted by Gasteiger charge is 2.27. The largest absolute Gasteiger partial charge is 0.369 e. The van der Waals surface area contributed by atoms with Crippen LogP contribution in [0.25, 0.3) is 0 Å². The van der Waals surface area contributed by atoms with Gasteiger partial charge in [0, 0.05) is 19.3 Å². The van der Waals surface area contributed by atoms with Gasteiger partial charge in [-0.05, 0) is 24.5 Å². The normalized spacial score (nSPS) is 25.2. The van der Waals surface area contributed by atoms with Gasteiger partial charge in [-0.2, -0.15) is 0 Å². The van der Waals surface area contributed by atoms with Gasteiger partial charge in [0.2, 0.25) is 0 Å². The fourth-order valence-corrected chi connectivity index (χ4v) is 3.47. The van der Waals surface area contributed by atoms with E-state index in [1.54, 1.807) is 12.1 Å². The zero-order valence-corrected chi connectivity index (χ0v) is 12.2. The van der Waals surface area contributed by atoms with Crippen LogP contribution >= 0.6 is 11.6 Å². The first-order valence-corrected chi connectivity index (χ1v) is 8.40. The van der Waals surface area contributed by atoms with E-state index in [0.29, 0.717) is 17.4 Å². The molecule has 1 saturated heterocycles. The van der Waals surface area contributed by atoms with Crippen molar-refractivity contribution >= 4 is 27.1 Å². The van der Waals surface area contributed by atoms with Crippen molar-refractivity contribution < 1.29 is 8.42 Å². The molecule has 1 aliphatic rings. The molecule has 18 heavy (non-hydrogen) atoms. The number of rotatable bonds is 2. The second-order valence-corrected chi connectivity index (χ2v) is 7.51. The van der Waals surface area contributed by atoms with Gasteiger partial charge in [0.1, 0.15) is 0 Å². The molecular formula is C13H18ClNO2S. The SMILES string of the molecule is CC1CCN(c2ccccc2S(C)(=O)=O)CC1Cl. The predicted molar refractivity (Wildman–Crippen MR) is 75.2 cm³/mol. The Labute approximate surface area is 114 Å². The fourth-order valence-electron chi connectivity index (χ4n) is 2.27. The van der Waals surface area contributed by atoms with E-state index in [0.717, 1.165) is 18.7 Å². The molecule has 0 saturated carbocycles. The molecule has 2 rings (SSSR count). The van der Waals surface area contributed by atoms with Crippen molar-refractivity contribution in [1.82, 2.24) is 0 Å². The van der Waals surface area contributed by atoms with Crippen LogP contribution < -0.4 is 4.90 Å². The minimum atomic E-state index is -3.20. The third kappa shape index (κ3) is 2.81. The van der Waals surface area contributed by atoms with Crippen LogP contribution in [0.4, 0.5) is 5.69 Å². The fraction of sp³-hybridized carbons (Fsp3) is 0.538. The molecule has 2 unspecified atom stereocenters. The summed E-state index contributed by atoms with van der Waals surface area (Å²) in [4.78, 5) is 2.47. The van der Waals surface area contributed by atoms with Gasteiger partial charge in [-0.25, -0.2) is 8.42 Å². The van der Waals surface area contributed by atoms with E-state index in [9.17, 15) is 8.42 Å². The Bertz CT molecular complexity index is 530.